The summed E-state index contributed by atoms with van der Waals surface area (Å²) in [6.45, 7) is 1.42. The Morgan fingerprint density at radius 2 is 2.25 bits per heavy atom. The summed E-state index contributed by atoms with van der Waals surface area (Å²) in [4.78, 5) is 21.9. The van der Waals surface area contributed by atoms with Crippen LogP contribution in [-0.4, -0.2) is 34.4 Å². The molecule has 0 atom stereocenters. The predicted octanol–water partition coefficient (Wildman–Crippen LogP) is 1.03. The Balaban J connectivity index is 1.99. The molecule has 2 rings (SSSR count). The van der Waals surface area contributed by atoms with Gasteiger partial charge < -0.3 is 10.2 Å². The van der Waals surface area contributed by atoms with Crippen molar-refractivity contribution in [1.82, 2.24) is 14.9 Å². The minimum Gasteiger partial charge on any atom is -0.372 e. The molecule has 86 valence electrons. The van der Waals surface area contributed by atoms with E-state index in [-0.39, 0.29) is 5.91 Å². The molecular weight excluding hydrogens is 204 g/mol. The van der Waals surface area contributed by atoms with E-state index in [1.165, 1.54) is 0 Å². The SMILES string of the molecule is CNc1cnc(CN2CCCCC2=O)cn1. The molecular formula is C11H16N4O. The van der Waals surface area contributed by atoms with Gasteiger partial charge in [0.05, 0.1) is 24.6 Å². The predicted molar refractivity (Wildman–Crippen MR) is 60.8 cm³/mol. The fraction of sp³-hybridized carbons (Fsp3) is 0.545. The van der Waals surface area contributed by atoms with Crippen LogP contribution < -0.4 is 5.32 Å². The van der Waals surface area contributed by atoms with E-state index in [4.69, 9.17) is 0 Å². The van der Waals surface area contributed by atoms with Crippen LogP contribution in [-0.2, 0) is 11.3 Å². The highest BCUT2D eigenvalue weighted by molar-refractivity contribution is 5.76. The fourth-order valence-electron chi connectivity index (χ4n) is 1.79. The van der Waals surface area contributed by atoms with E-state index in [1.54, 1.807) is 19.4 Å². The molecule has 0 saturated carbocycles. The van der Waals surface area contributed by atoms with Gasteiger partial charge in [0.2, 0.25) is 5.91 Å². The third-order valence-electron chi connectivity index (χ3n) is 2.74. The van der Waals surface area contributed by atoms with Crippen LogP contribution in [0.2, 0.25) is 0 Å². The van der Waals surface area contributed by atoms with Gasteiger partial charge in [0, 0.05) is 20.0 Å². The van der Waals surface area contributed by atoms with Crippen molar-refractivity contribution < 1.29 is 4.79 Å². The van der Waals surface area contributed by atoms with Crippen LogP contribution in [0.25, 0.3) is 0 Å². The summed E-state index contributed by atoms with van der Waals surface area (Å²) in [6, 6.07) is 0. The highest BCUT2D eigenvalue weighted by atomic mass is 16.2. The maximum Gasteiger partial charge on any atom is 0.222 e. The lowest BCUT2D eigenvalue weighted by Gasteiger charge is -2.26. The summed E-state index contributed by atoms with van der Waals surface area (Å²) in [5, 5.41) is 2.91. The number of hydrogen-bond donors (Lipinski definition) is 1. The lowest BCUT2D eigenvalue weighted by atomic mass is 10.1. The third-order valence-corrected chi connectivity index (χ3v) is 2.74. The average Bonchev–Trinajstić information content (AvgIpc) is 2.33. The van der Waals surface area contributed by atoms with Gasteiger partial charge in [0.25, 0.3) is 0 Å². The maximum atomic E-state index is 11.6. The first kappa shape index (κ1) is 10.9. The molecule has 1 N–H and O–H groups in total. The minimum atomic E-state index is 0.228. The quantitative estimate of drug-likeness (QED) is 0.826. The van der Waals surface area contributed by atoms with E-state index in [0.29, 0.717) is 13.0 Å². The summed E-state index contributed by atoms with van der Waals surface area (Å²) in [5.74, 6) is 0.972. The molecule has 0 spiro atoms. The maximum absolute atomic E-state index is 11.6. The first-order chi connectivity index (χ1) is 7.79. The van der Waals surface area contributed by atoms with E-state index in [9.17, 15) is 4.79 Å². The van der Waals surface area contributed by atoms with E-state index in [1.807, 2.05) is 4.90 Å². The van der Waals surface area contributed by atoms with Gasteiger partial charge in [-0.05, 0) is 12.8 Å². The molecule has 0 aliphatic carbocycles. The average molecular weight is 220 g/mol. The summed E-state index contributed by atoms with van der Waals surface area (Å²) in [5.41, 5.74) is 0.842. The smallest absolute Gasteiger partial charge is 0.222 e. The molecule has 1 aliphatic heterocycles. The van der Waals surface area contributed by atoms with Gasteiger partial charge in [-0.15, -0.1) is 0 Å². The van der Waals surface area contributed by atoms with E-state index in [0.717, 1.165) is 30.9 Å². The zero-order valence-corrected chi connectivity index (χ0v) is 9.44. The number of aromatic nitrogens is 2. The summed E-state index contributed by atoms with van der Waals surface area (Å²) in [6.07, 6.45) is 6.17. The Kier molecular flexibility index (Phi) is 3.34. The number of rotatable bonds is 3. The molecule has 5 heteroatoms. The Hall–Kier alpha value is -1.65. The number of amides is 1. The molecule has 1 amide bonds. The van der Waals surface area contributed by atoms with Crippen LogP contribution in [0.4, 0.5) is 5.82 Å². The number of anilines is 1. The number of hydrogen-bond acceptors (Lipinski definition) is 4. The van der Waals surface area contributed by atoms with Crippen LogP contribution in [0.5, 0.6) is 0 Å². The molecule has 16 heavy (non-hydrogen) atoms. The van der Waals surface area contributed by atoms with Gasteiger partial charge in [0.15, 0.2) is 0 Å². The van der Waals surface area contributed by atoms with Crippen LogP contribution in [0.15, 0.2) is 12.4 Å². The van der Waals surface area contributed by atoms with Crippen molar-refractivity contribution >= 4 is 11.7 Å². The zero-order chi connectivity index (χ0) is 11.4. The Labute approximate surface area is 94.9 Å². The molecule has 1 aromatic rings. The number of carbonyl (C=O) groups is 1. The molecule has 0 bridgehead atoms. The van der Waals surface area contributed by atoms with Crippen molar-refractivity contribution in [3.63, 3.8) is 0 Å². The van der Waals surface area contributed by atoms with Crippen molar-refractivity contribution in [2.24, 2.45) is 0 Å². The molecule has 0 unspecified atom stereocenters. The monoisotopic (exact) mass is 220 g/mol. The first-order valence-corrected chi connectivity index (χ1v) is 5.56. The van der Waals surface area contributed by atoms with Gasteiger partial charge in [0.1, 0.15) is 5.82 Å². The minimum absolute atomic E-state index is 0.228. The Morgan fingerprint density at radius 1 is 1.38 bits per heavy atom. The first-order valence-electron chi connectivity index (χ1n) is 5.56. The summed E-state index contributed by atoms with van der Waals surface area (Å²) < 4.78 is 0. The third kappa shape index (κ3) is 2.48. The normalized spacial score (nSPS) is 16.3. The molecule has 0 radical (unpaired) electrons. The van der Waals surface area contributed by atoms with Gasteiger partial charge in [-0.1, -0.05) is 0 Å². The van der Waals surface area contributed by atoms with Crippen molar-refractivity contribution in [3.05, 3.63) is 18.1 Å². The zero-order valence-electron chi connectivity index (χ0n) is 9.44. The van der Waals surface area contributed by atoms with Gasteiger partial charge in [-0.3, -0.25) is 9.78 Å². The summed E-state index contributed by atoms with van der Waals surface area (Å²) in [7, 11) is 1.80. The fourth-order valence-corrected chi connectivity index (χ4v) is 1.79. The highest BCUT2D eigenvalue weighted by Gasteiger charge is 2.18. The second kappa shape index (κ2) is 4.92. The molecule has 1 fully saturated rings. The number of nitrogens with zero attached hydrogens (tertiary/aromatic N) is 3. The van der Waals surface area contributed by atoms with Crippen molar-refractivity contribution in [2.45, 2.75) is 25.8 Å². The van der Waals surface area contributed by atoms with Gasteiger partial charge in [-0.25, -0.2) is 4.98 Å². The van der Waals surface area contributed by atoms with Crippen molar-refractivity contribution in [3.8, 4) is 0 Å². The van der Waals surface area contributed by atoms with Crippen molar-refractivity contribution in [1.29, 1.82) is 0 Å². The number of piperidine rings is 1. The van der Waals surface area contributed by atoms with Gasteiger partial charge >= 0.3 is 0 Å². The number of carbonyl (C=O) groups excluding carboxylic acids is 1. The Morgan fingerprint density at radius 3 is 2.88 bits per heavy atom. The molecule has 0 aromatic carbocycles. The standard InChI is InChI=1S/C11H16N4O/c1-12-10-7-13-9(6-14-10)8-15-5-3-2-4-11(15)16/h6-7H,2-5,8H2,1H3,(H,12,14). The molecule has 1 saturated heterocycles. The molecule has 5 nitrogen and oxygen atoms in total. The van der Waals surface area contributed by atoms with Crippen LogP contribution in [0, 0.1) is 0 Å². The van der Waals surface area contributed by atoms with Gasteiger partial charge in [-0.2, -0.15) is 0 Å². The van der Waals surface area contributed by atoms with Crippen LogP contribution in [0.1, 0.15) is 25.0 Å². The van der Waals surface area contributed by atoms with Crippen LogP contribution >= 0.6 is 0 Å². The number of likely N-dealkylation sites (tertiary alicyclic amines) is 1. The topological polar surface area (TPSA) is 58.1 Å². The van der Waals surface area contributed by atoms with Crippen LogP contribution in [0.3, 0.4) is 0 Å². The van der Waals surface area contributed by atoms with E-state index < -0.39 is 0 Å². The highest BCUT2D eigenvalue weighted by Crippen LogP contribution is 2.13. The van der Waals surface area contributed by atoms with Crippen molar-refractivity contribution in [2.75, 3.05) is 18.9 Å². The summed E-state index contributed by atoms with van der Waals surface area (Å²) >= 11 is 0. The lowest BCUT2D eigenvalue weighted by Crippen LogP contribution is -2.34. The van der Waals surface area contributed by atoms with E-state index in [2.05, 4.69) is 15.3 Å². The second-order valence-corrected chi connectivity index (χ2v) is 3.92. The number of nitrogens with one attached hydrogen (secondary N) is 1. The largest absolute Gasteiger partial charge is 0.372 e. The molecule has 1 aliphatic rings. The molecule has 1 aromatic heterocycles. The molecule has 2 heterocycles. The lowest BCUT2D eigenvalue weighted by molar-refractivity contribution is -0.133. The second-order valence-electron chi connectivity index (χ2n) is 3.92. The van der Waals surface area contributed by atoms with E-state index >= 15 is 0 Å². The Bertz CT molecular complexity index is 363.